The summed E-state index contributed by atoms with van der Waals surface area (Å²) >= 11 is 1.16. The summed E-state index contributed by atoms with van der Waals surface area (Å²) in [5.41, 5.74) is 1.23. The smallest absolute Gasteiger partial charge is 0.247 e. The van der Waals surface area contributed by atoms with E-state index in [0.717, 1.165) is 48.2 Å². The molecule has 0 radical (unpaired) electrons. The average Bonchev–Trinajstić information content (AvgIpc) is 3.30. The van der Waals surface area contributed by atoms with Gasteiger partial charge in [-0.2, -0.15) is 0 Å². The lowest BCUT2D eigenvalue weighted by Crippen LogP contribution is -2.44. The summed E-state index contributed by atoms with van der Waals surface area (Å²) in [7, 11) is -3.65. The Morgan fingerprint density at radius 2 is 2.04 bits per heavy atom. The molecule has 4 N–H and O–H groups in total. The number of hydrogen-bond donors (Lipinski definition) is 3. The van der Waals surface area contributed by atoms with Crippen molar-refractivity contribution in [2.45, 2.75) is 30.1 Å². The van der Waals surface area contributed by atoms with Crippen LogP contribution in [0.2, 0.25) is 0 Å². The Morgan fingerprint density at radius 1 is 1.29 bits per heavy atom. The predicted molar refractivity (Wildman–Crippen MR) is 126 cm³/mol. The van der Waals surface area contributed by atoms with Gasteiger partial charge in [-0.25, -0.2) is 18.5 Å². The maximum atomic E-state index is 11.4. The number of para-hydroxylation sites is 1. The molecule has 0 aliphatic carbocycles. The molecular formula is C18H26IN5O2S2. The van der Waals surface area contributed by atoms with Gasteiger partial charge in [0, 0.05) is 36.2 Å². The number of aliphatic imine (C=N–C) groups is 1. The third-order valence-electron chi connectivity index (χ3n) is 4.31. The Kier molecular flexibility index (Phi) is 8.53. The van der Waals surface area contributed by atoms with Gasteiger partial charge in [-0.15, -0.1) is 35.3 Å². The van der Waals surface area contributed by atoms with Crippen molar-refractivity contribution in [3.8, 4) is 0 Å². The minimum Gasteiger partial charge on any atom is -0.369 e. The monoisotopic (exact) mass is 535 g/mol. The van der Waals surface area contributed by atoms with Gasteiger partial charge in [0.25, 0.3) is 0 Å². The summed E-state index contributed by atoms with van der Waals surface area (Å²) in [4.78, 5) is 7.81. The fourth-order valence-corrected chi connectivity index (χ4v) is 4.72. The fraction of sp³-hybridized carbons (Fsp3) is 0.389. The molecule has 1 fully saturated rings. The fourth-order valence-electron chi connectivity index (χ4n) is 3.02. The zero-order chi connectivity index (χ0) is 19.3. The Bertz CT molecular complexity index is 886. The summed E-state index contributed by atoms with van der Waals surface area (Å²) in [5, 5.41) is 11.9. The summed E-state index contributed by atoms with van der Waals surface area (Å²) < 4.78 is 22.9. The summed E-state index contributed by atoms with van der Waals surface area (Å²) in [6, 6.07) is 14.0. The molecule has 7 nitrogen and oxygen atoms in total. The van der Waals surface area contributed by atoms with E-state index in [2.05, 4.69) is 44.8 Å². The highest BCUT2D eigenvalue weighted by Gasteiger charge is 2.23. The Hall–Kier alpha value is -1.37. The second-order valence-electron chi connectivity index (χ2n) is 6.37. The average molecular weight is 535 g/mol. The lowest BCUT2D eigenvalue weighted by atomic mass is 10.3. The Labute approximate surface area is 187 Å². The molecule has 0 spiro atoms. The van der Waals surface area contributed by atoms with Gasteiger partial charge in [0.1, 0.15) is 4.21 Å². The molecule has 1 aromatic carbocycles. The maximum absolute atomic E-state index is 11.4. The number of nitrogens with zero attached hydrogens (tertiary/aromatic N) is 2. The van der Waals surface area contributed by atoms with Crippen molar-refractivity contribution in [1.29, 1.82) is 0 Å². The molecule has 28 heavy (non-hydrogen) atoms. The predicted octanol–water partition coefficient (Wildman–Crippen LogP) is 2.35. The van der Waals surface area contributed by atoms with Gasteiger partial charge >= 0.3 is 0 Å². The van der Waals surface area contributed by atoms with Crippen molar-refractivity contribution in [2.75, 3.05) is 24.5 Å². The number of thiophene rings is 1. The minimum absolute atomic E-state index is 0. The minimum atomic E-state index is -3.65. The first kappa shape index (κ1) is 22.9. The lowest BCUT2D eigenvalue weighted by molar-refractivity contribution is 0.600. The third kappa shape index (κ3) is 6.33. The van der Waals surface area contributed by atoms with Crippen LogP contribution in [0.3, 0.4) is 0 Å². The molecule has 1 aromatic heterocycles. The molecule has 10 heteroatoms. The molecule has 0 amide bonds. The van der Waals surface area contributed by atoms with Gasteiger partial charge in [-0.05, 0) is 37.6 Å². The van der Waals surface area contributed by atoms with Crippen LogP contribution in [-0.2, 0) is 16.6 Å². The van der Waals surface area contributed by atoms with Crippen LogP contribution in [0.5, 0.6) is 0 Å². The van der Waals surface area contributed by atoms with Crippen LogP contribution in [0.1, 0.15) is 18.2 Å². The quantitative estimate of drug-likeness (QED) is 0.300. The number of guanidine groups is 1. The number of rotatable bonds is 6. The van der Waals surface area contributed by atoms with E-state index in [1.807, 2.05) is 13.0 Å². The molecule has 1 aliphatic rings. The van der Waals surface area contributed by atoms with E-state index in [4.69, 9.17) is 5.14 Å². The lowest BCUT2D eigenvalue weighted by Gasteiger charge is -2.20. The van der Waals surface area contributed by atoms with Crippen molar-refractivity contribution in [1.82, 2.24) is 10.6 Å². The van der Waals surface area contributed by atoms with Gasteiger partial charge < -0.3 is 15.5 Å². The Morgan fingerprint density at radius 3 is 2.68 bits per heavy atom. The van der Waals surface area contributed by atoms with E-state index in [-0.39, 0.29) is 28.2 Å². The number of anilines is 1. The van der Waals surface area contributed by atoms with Crippen LogP contribution < -0.4 is 20.7 Å². The topological polar surface area (TPSA) is 99.8 Å². The molecule has 0 saturated carbocycles. The standard InChI is InChI=1S/C18H25N5O2S2.HI/c1-2-20-18(21-12-16-8-9-17(26-16)27(19,24)25)22-14-10-11-23(13-14)15-6-4-3-5-7-15;/h3-9,14H,2,10-13H2,1H3,(H2,19,24,25)(H2,20,21,22);1H. The Balaban J connectivity index is 0.00000280. The SMILES string of the molecule is CCNC(=NCc1ccc(S(N)(=O)=O)s1)NC1CCN(c2ccccc2)C1.I. The van der Waals surface area contributed by atoms with Crippen molar-refractivity contribution in [2.24, 2.45) is 10.1 Å². The molecule has 1 unspecified atom stereocenters. The zero-order valence-corrected chi connectivity index (χ0v) is 19.6. The van der Waals surface area contributed by atoms with E-state index in [1.165, 1.54) is 11.8 Å². The molecule has 1 atom stereocenters. The van der Waals surface area contributed by atoms with E-state index < -0.39 is 10.0 Å². The van der Waals surface area contributed by atoms with Crippen LogP contribution in [0, 0.1) is 0 Å². The maximum Gasteiger partial charge on any atom is 0.247 e. The van der Waals surface area contributed by atoms with Gasteiger partial charge in [0.2, 0.25) is 10.0 Å². The highest BCUT2D eigenvalue weighted by Crippen LogP contribution is 2.21. The zero-order valence-electron chi connectivity index (χ0n) is 15.7. The number of nitrogens with two attached hydrogens (primary N) is 1. The number of halogens is 1. The van der Waals surface area contributed by atoms with Crippen molar-refractivity contribution in [3.05, 3.63) is 47.3 Å². The largest absolute Gasteiger partial charge is 0.369 e. The van der Waals surface area contributed by atoms with Crippen LogP contribution in [0.15, 0.2) is 51.7 Å². The second kappa shape index (κ2) is 10.4. The van der Waals surface area contributed by atoms with Gasteiger partial charge in [0.05, 0.1) is 6.54 Å². The molecule has 1 saturated heterocycles. The van der Waals surface area contributed by atoms with Gasteiger partial charge in [-0.1, -0.05) is 18.2 Å². The third-order valence-corrected chi connectivity index (χ3v) is 6.81. The van der Waals surface area contributed by atoms with Gasteiger partial charge in [-0.3, -0.25) is 0 Å². The van der Waals surface area contributed by atoms with Crippen LogP contribution >= 0.6 is 35.3 Å². The molecule has 2 heterocycles. The normalized spacial score (nSPS) is 17.3. The second-order valence-corrected chi connectivity index (χ2v) is 9.33. The van der Waals surface area contributed by atoms with Crippen molar-refractivity contribution < 1.29 is 8.42 Å². The van der Waals surface area contributed by atoms with Crippen LogP contribution in [-0.4, -0.2) is 40.1 Å². The molecular weight excluding hydrogens is 509 g/mol. The highest BCUT2D eigenvalue weighted by molar-refractivity contribution is 14.0. The molecule has 0 bridgehead atoms. The summed E-state index contributed by atoms with van der Waals surface area (Å²) in [6.07, 6.45) is 1.04. The number of sulfonamides is 1. The first-order chi connectivity index (χ1) is 13.0. The van der Waals surface area contributed by atoms with E-state index >= 15 is 0 Å². The van der Waals surface area contributed by atoms with Crippen molar-refractivity contribution >= 4 is 57.0 Å². The summed E-state index contributed by atoms with van der Waals surface area (Å²) in [6.45, 7) is 5.11. The van der Waals surface area contributed by atoms with Crippen LogP contribution in [0.25, 0.3) is 0 Å². The molecule has 1 aliphatic heterocycles. The van der Waals surface area contributed by atoms with E-state index in [1.54, 1.807) is 6.07 Å². The number of hydrogen-bond acceptors (Lipinski definition) is 5. The van der Waals surface area contributed by atoms with E-state index in [0.29, 0.717) is 12.6 Å². The number of primary sulfonamides is 1. The first-order valence-corrected chi connectivity index (χ1v) is 11.3. The van der Waals surface area contributed by atoms with Crippen molar-refractivity contribution in [3.63, 3.8) is 0 Å². The van der Waals surface area contributed by atoms with Crippen LogP contribution in [0.4, 0.5) is 5.69 Å². The van der Waals surface area contributed by atoms with E-state index in [9.17, 15) is 8.42 Å². The highest BCUT2D eigenvalue weighted by atomic mass is 127. The number of nitrogens with one attached hydrogen (secondary N) is 2. The number of benzene rings is 1. The molecule has 3 rings (SSSR count). The molecule has 154 valence electrons. The first-order valence-electron chi connectivity index (χ1n) is 8.92. The molecule has 2 aromatic rings. The summed E-state index contributed by atoms with van der Waals surface area (Å²) in [5.74, 6) is 0.739. The van der Waals surface area contributed by atoms with Gasteiger partial charge in [0.15, 0.2) is 5.96 Å².